The molecule has 122 valence electrons. The predicted octanol–water partition coefficient (Wildman–Crippen LogP) is 1.52. The first-order valence-electron chi connectivity index (χ1n) is 7.14. The maximum Gasteiger partial charge on any atom is 0.321 e. The zero-order chi connectivity index (χ0) is 16.3. The summed E-state index contributed by atoms with van der Waals surface area (Å²) in [5.41, 5.74) is -0.690. The van der Waals surface area contributed by atoms with E-state index in [1.54, 1.807) is 13.8 Å². The minimum atomic E-state index is -0.968. The van der Waals surface area contributed by atoms with Crippen LogP contribution in [0.2, 0.25) is 0 Å². The highest BCUT2D eigenvalue weighted by atomic mass is 16.5. The summed E-state index contributed by atoms with van der Waals surface area (Å²) < 4.78 is 5.25. The molecule has 0 spiro atoms. The summed E-state index contributed by atoms with van der Waals surface area (Å²) in [5.74, 6) is -1.45. The number of amides is 3. The second-order valence-corrected chi connectivity index (χ2v) is 5.68. The third kappa shape index (κ3) is 11.9. The van der Waals surface area contributed by atoms with Gasteiger partial charge in [-0.05, 0) is 18.3 Å². The summed E-state index contributed by atoms with van der Waals surface area (Å²) >= 11 is 0. The highest BCUT2D eigenvalue weighted by Crippen LogP contribution is 2.24. The van der Waals surface area contributed by atoms with Crippen molar-refractivity contribution in [3.8, 4) is 0 Å². The van der Waals surface area contributed by atoms with E-state index in [0.29, 0.717) is 26.2 Å². The molecular weight excluding hydrogens is 276 g/mol. The van der Waals surface area contributed by atoms with Gasteiger partial charge in [0.25, 0.3) is 0 Å². The molecule has 0 saturated heterocycles. The molecule has 7 heteroatoms. The van der Waals surface area contributed by atoms with Crippen molar-refractivity contribution in [2.45, 2.75) is 46.5 Å². The molecule has 0 atom stereocenters. The van der Waals surface area contributed by atoms with Gasteiger partial charge in [-0.1, -0.05) is 20.8 Å². The monoisotopic (exact) mass is 302 g/mol. The van der Waals surface area contributed by atoms with Gasteiger partial charge in [0.05, 0.1) is 6.42 Å². The molecular formula is C14H26N2O5. The van der Waals surface area contributed by atoms with E-state index in [2.05, 4.69) is 10.6 Å². The lowest BCUT2D eigenvalue weighted by molar-refractivity contribution is -0.139. The number of nitrogens with one attached hydrogen (secondary N) is 2. The highest BCUT2D eigenvalue weighted by Gasteiger charge is 2.25. The fourth-order valence-corrected chi connectivity index (χ4v) is 1.74. The van der Waals surface area contributed by atoms with E-state index in [0.717, 1.165) is 6.42 Å². The topological polar surface area (TPSA) is 105 Å². The van der Waals surface area contributed by atoms with Gasteiger partial charge in [0.2, 0.25) is 5.91 Å². The Morgan fingerprint density at radius 2 is 1.81 bits per heavy atom. The second-order valence-electron chi connectivity index (χ2n) is 5.68. The highest BCUT2D eigenvalue weighted by molar-refractivity contribution is 5.94. The van der Waals surface area contributed by atoms with Crippen LogP contribution in [-0.4, -0.2) is 42.8 Å². The van der Waals surface area contributed by atoms with Crippen molar-refractivity contribution in [1.29, 1.82) is 0 Å². The van der Waals surface area contributed by atoms with Crippen LogP contribution in [0.3, 0.4) is 0 Å². The van der Waals surface area contributed by atoms with Crippen LogP contribution in [0, 0.1) is 5.41 Å². The molecule has 0 unspecified atom stereocenters. The third-order valence-corrected chi connectivity index (χ3v) is 2.62. The molecule has 3 N–H and O–H groups in total. The van der Waals surface area contributed by atoms with Gasteiger partial charge >= 0.3 is 12.0 Å². The standard InChI is InChI=1S/C14H26N2O5/c1-4-7-21-8-5-6-15-13(20)16-11(17)9-14(2,3)10-12(18)19/h4-10H2,1-3H3,(H,18,19)(H2,15,16,17,20). The van der Waals surface area contributed by atoms with E-state index in [4.69, 9.17) is 9.84 Å². The Kier molecular flexibility index (Phi) is 9.36. The van der Waals surface area contributed by atoms with Crippen LogP contribution >= 0.6 is 0 Å². The molecule has 7 nitrogen and oxygen atoms in total. The van der Waals surface area contributed by atoms with Gasteiger partial charge < -0.3 is 15.2 Å². The third-order valence-electron chi connectivity index (χ3n) is 2.62. The van der Waals surface area contributed by atoms with Gasteiger partial charge in [-0.25, -0.2) is 4.79 Å². The first kappa shape index (κ1) is 19.4. The Hall–Kier alpha value is -1.63. The van der Waals surface area contributed by atoms with Crippen molar-refractivity contribution in [3.05, 3.63) is 0 Å². The molecule has 0 heterocycles. The van der Waals surface area contributed by atoms with E-state index in [1.165, 1.54) is 0 Å². The average molecular weight is 302 g/mol. The van der Waals surface area contributed by atoms with Gasteiger partial charge in [0, 0.05) is 26.2 Å². The van der Waals surface area contributed by atoms with E-state index in [9.17, 15) is 14.4 Å². The van der Waals surface area contributed by atoms with Crippen LogP contribution in [0.5, 0.6) is 0 Å². The summed E-state index contributed by atoms with van der Waals surface area (Å²) in [7, 11) is 0. The molecule has 0 fully saturated rings. The van der Waals surface area contributed by atoms with Crippen LogP contribution in [0.1, 0.15) is 46.5 Å². The molecule has 0 aromatic rings. The van der Waals surface area contributed by atoms with Gasteiger partial charge in [-0.15, -0.1) is 0 Å². The first-order chi connectivity index (χ1) is 9.76. The SMILES string of the molecule is CCCOCCCNC(=O)NC(=O)CC(C)(C)CC(=O)O. The lowest BCUT2D eigenvalue weighted by atomic mass is 9.85. The first-order valence-corrected chi connectivity index (χ1v) is 7.14. The maximum absolute atomic E-state index is 11.6. The Morgan fingerprint density at radius 1 is 1.14 bits per heavy atom. The Balaban J connectivity index is 3.84. The number of hydrogen-bond acceptors (Lipinski definition) is 4. The van der Waals surface area contributed by atoms with Gasteiger partial charge in [0.1, 0.15) is 0 Å². The fraction of sp³-hybridized carbons (Fsp3) is 0.786. The number of hydrogen-bond donors (Lipinski definition) is 3. The minimum Gasteiger partial charge on any atom is -0.481 e. The fourth-order valence-electron chi connectivity index (χ4n) is 1.74. The normalized spacial score (nSPS) is 11.0. The van der Waals surface area contributed by atoms with Crippen molar-refractivity contribution in [1.82, 2.24) is 10.6 Å². The number of carbonyl (C=O) groups excluding carboxylic acids is 2. The Labute approximate surface area is 125 Å². The number of carboxylic acid groups (broad SMARTS) is 1. The molecule has 0 bridgehead atoms. The molecule has 3 amide bonds. The number of carbonyl (C=O) groups is 3. The van der Waals surface area contributed by atoms with E-state index >= 15 is 0 Å². The summed E-state index contributed by atoms with van der Waals surface area (Å²) in [6.45, 7) is 7.04. The number of rotatable bonds is 10. The van der Waals surface area contributed by atoms with Crippen molar-refractivity contribution in [2.24, 2.45) is 5.41 Å². The van der Waals surface area contributed by atoms with E-state index in [-0.39, 0.29) is 12.8 Å². The lowest BCUT2D eigenvalue weighted by Gasteiger charge is -2.21. The molecule has 0 aromatic heterocycles. The maximum atomic E-state index is 11.6. The molecule has 0 radical (unpaired) electrons. The summed E-state index contributed by atoms with van der Waals surface area (Å²) in [6, 6.07) is -0.568. The molecule has 0 aromatic carbocycles. The number of aliphatic carboxylic acids is 1. The zero-order valence-corrected chi connectivity index (χ0v) is 13.0. The largest absolute Gasteiger partial charge is 0.481 e. The summed E-state index contributed by atoms with van der Waals surface area (Å²) in [6.07, 6.45) is 1.48. The van der Waals surface area contributed by atoms with Crippen LogP contribution in [0.25, 0.3) is 0 Å². The predicted molar refractivity (Wildman–Crippen MR) is 77.9 cm³/mol. The van der Waals surface area contributed by atoms with Gasteiger partial charge in [-0.3, -0.25) is 14.9 Å². The minimum absolute atomic E-state index is 0.0215. The molecule has 0 aliphatic carbocycles. The summed E-state index contributed by atoms with van der Waals surface area (Å²) in [4.78, 5) is 33.7. The van der Waals surface area contributed by atoms with Gasteiger partial charge in [-0.2, -0.15) is 0 Å². The molecule has 0 saturated carbocycles. The number of ether oxygens (including phenoxy) is 1. The second kappa shape index (κ2) is 10.1. The van der Waals surface area contributed by atoms with Gasteiger partial charge in [0.15, 0.2) is 0 Å². The van der Waals surface area contributed by atoms with Crippen molar-refractivity contribution < 1.29 is 24.2 Å². The van der Waals surface area contributed by atoms with Crippen LogP contribution < -0.4 is 10.6 Å². The van der Waals surface area contributed by atoms with E-state index < -0.39 is 23.3 Å². The van der Waals surface area contributed by atoms with Crippen molar-refractivity contribution in [3.63, 3.8) is 0 Å². The lowest BCUT2D eigenvalue weighted by Crippen LogP contribution is -2.41. The summed E-state index contributed by atoms with van der Waals surface area (Å²) in [5, 5.41) is 13.5. The molecule has 0 aliphatic heterocycles. The quantitative estimate of drug-likeness (QED) is 0.531. The number of imide groups is 1. The van der Waals surface area contributed by atoms with Crippen molar-refractivity contribution in [2.75, 3.05) is 19.8 Å². The number of carboxylic acids is 1. The zero-order valence-electron chi connectivity index (χ0n) is 13.0. The van der Waals surface area contributed by atoms with Crippen LogP contribution in [0.15, 0.2) is 0 Å². The Morgan fingerprint density at radius 3 is 2.38 bits per heavy atom. The average Bonchev–Trinajstić information content (AvgIpc) is 2.30. The van der Waals surface area contributed by atoms with E-state index in [1.807, 2.05) is 6.92 Å². The van der Waals surface area contributed by atoms with Crippen LogP contribution in [0.4, 0.5) is 4.79 Å². The molecule has 21 heavy (non-hydrogen) atoms. The number of urea groups is 1. The smallest absolute Gasteiger partial charge is 0.321 e. The van der Waals surface area contributed by atoms with Crippen molar-refractivity contribution >= 4 is 17.9 Å². The molecule has 0 rings (SSSR count). The molecule has 0 aliphatic rings. The van der Waals surface area contributed by atoms with Crippen LogP contribution in [-0.2, 0) is 14.3 Å². The Bertz CT molecular complexity index is 355.